The first-order chi connectivity index (χ1) is 19.0. The number of hydrogen-bond donors (Lipinski definition) is 1. The summed E-state index contributed by atoms with van der Waals surface area (Å²) in [5.74, 6) is 0.843. The van der Waals surface area contributed by atoms with Crippen molar-refractivity contribution in [3.63, 3.8) is 0 Å². The summed E-state index contributed by atoms with van der Waals surface area (Å²) >= 11 is 1.80. The van der Waals surface area contributed by atoms with Crippen molar-refractivity contribution in [2.75, 3.05) is 4.90 Å². The molecule has 40 heavy (non-hydrogen) atoms. The lowest BCUT2D eigenvalue weighted by molar-refractivity contribution is -0.118. The molecule has 0 fully saturated rings. The quantitative estimate of drug-likeness (QED) is 0.326. The number of Topliss-reactive ketones (excluding diaryl/α,β-unsaturated/α-hetero) is 1. The van der Waals surface area contributed by atoms with Crippen molar-refractivity contribution in [1.82, 2.24) is 0 Å². The predicted molar refractivity (Wildman–Crippen MR) is 165 cm³/mol. The van der Waals surface area contributed by atoms with E-state index >= 15 is 0 Å². The van der Waals surface area contributed by atoms with Gasteiger partial charge in [0.2, 0.25) is 0 Å². The predicted octanol–water partition coefficient (Wildman–Crippen LogP) is 8.15. The lowest BCUT2D eigenvalue weighted by Gasteiger charge is -2.44. The summed E-state index contributed by atoms with van der Waals surface area (Å²) in [5.41, 5.74) is 16.5. The fourth-order valence-electron chi connectivity index (χ4n) is 6.02. The third-order valence-electron chi connectivity index (χ3n) is 8.10. The molecule has 0 radical (unpaired) electrons. The minimum atomic E-state index is -0.478. The first-order valence-electron chi connectivity index (χ1n) is 13.8. The van der Waals surface area contributed by atoms with Crippen molar-refractivity contribution in [1.29, 1.82) is 5.26 Å². The van der Waals surface area contributed by atoms with Crippen LogP contribution in [0, 0.1) is 44.4 Å². The van der Waals surface area contributed by atoms with Crippen LogP contribution in [0.5, 0.6) is 0 Å². The van der Waals surface area contributed by atoms with Crippen LogP contribution in [0.1, 0.15) is 66.0 Å². The summed E-state index contributed by atoms with van der Waals surface area (Å²) in [5, 5.41) is 10.5. The molecular formula is C35H37N3OS. The van der Waals surface area contributed by atoms with Gasteiger partial charge in [-0.3, -0.25) is 9.69 Å². The van der Waals surface area contributed by atoms with E-state index in [9.17, 15) is 10.1 Å². The Balaban J connectivity index is 1.66. The van der Waals surface area contributed by atoms with Gasteiger partial charge in [-0.15, -0.1) is 11.8 Å². The number of hydrogen-bond acceptors (Lipinski definition) is 5. The molecule has 2 N–H and O–H groups in total. The Morgan fingerprint density at radius 3 is 2.20 bits per heavy atom. The maximum Gasteiger partial charge on any atom is 0.162 e. The monoisotopic (exact) mass is 547 g/mol. The number of nitriles is 1. The van der Waals surface area contributed by atoms with Crippen molar-refractivity contribution >= 4 is 23.2 Å². The number of thioether (sulfide) groups is 1. The molecule has 3 aromatic rings. The van der Waals surface area contributed by atoms with Gasteiger partial charge in [-0.2, -0.15) is 5.26 Å². The number of rotatable bonds is 5. The number of carbonyl (C=O) groups excluding carboxylic acids is 1. The van der Waals surface area contributed by atoms with E-state index in [1.54, 1.807) is 11.8 Å². The van der Waals surface area contributed by atoms with E-state index in [0.29, 0.717) is 24.2 Å². The van der Waals surface area contributed by atoms with Gasteiger partial charge in [0.25, 0.3) is 0 Å². The normalized spacial score (nSPS) is 18.6. The number of ketones is 1. The maximum absolute atomic E-state index is 14.0. The summed E-state index contributed by atoms with van der Waals surface area (Å²) < 4.78 is 0. The van der Waals surface area contributed by atoms with E-state index < -0.39 is 5.92 Å². The molecule has 204 valence electrons. The molecule has 0 aromatic heterocycles. The first kappa shape index (κ1) is 27.8. The van der Waals surface area contributed by atoms with E-state index in [1.807, 2.05) is 36.1 Å². The highest BCUT2D eigenvalue weighted by Gasteiger charge is 2.45. The van der Waals surface area contributed by atoms with Crippen molar-refractivity contribution in [2.45, 2.75) is 71.0 Å². The molecule has 1 aliphatic heterocycles. The standard InChI is InChI=1S/C35H37N3OS/c1-21-7-11-26(12-8-21)38-30-17-35(5,6)18-31(39)33(30)32(29(19-36)34(38)37)28-16-23(3)15-25(24(28)4)20-40-27-13-9-22(2)10-14-27/h7-16,32H,17-18,20,37H2,1-6H3. The second kappa shape index (κ2) is 10.7. The van der Waals surface area contributed by atoms with Gasteiger partial charge in [0.1, 0.15) is 5.82 Å². The average Bonchev–Trinajstić information content (AvgIpc) is 2.89. The fourth-order valence-corrected chi connectivity index (χ4v) is 6.97. The number of benzene rings is 3. The Kier molecular flexibility index (Phi) is 7.42. The summed E-state index contributed by atoms with van der Waals surface area (Å²) in [7, 11) is 0. The van der Waals surface area contributed by atoms with Crippen LogP contribution in [-0.2, 0) is 10.5 Å². The van der Waals surface area contributed by atoms with Gasteiger partial charge in [-0.1, -0.05) is 66.9 Å². The van der Waals surface area contributed by atoms with E-state index in [4.69, 9.17) is 5.73 Å². The minimum absolute atomic E-state index is 0.102. The van der Waals surface area contributed by atoms with Crippen LogP contribution in [-0.4, -0.2) is 5.78 Å². The zero-order valence-electron chi connectivity index (χ0n) is 24.3. The highest BCUT2D eigenvalue weighted by atomic mass is 32.2. The molecule has 5 rings (SSSR count). The van der Waals surface area contributed by atoms with Gasteiger partial charge in [0.15, 0.2) is 5.78 Å². The zero-order chi connectivity index (χ0) is 28.8. The minimum Gasteiger partial charge on any atom is -0.384 e. The molecule has 1 aliphatic carbocycles. The smallest absolute Gasteiger partial charge is 0.162 e. The van der Waals surface area contributed by atoms with Gasteiger partial charge >= 0.3 is 0 Å². The number of nitrogens with two attached hydrogens (primary N) is 1. The third kappa shape index (κ3) is 5.21. The van der Waals surface area contributed by atoms with Crippen molar-refractivity contribution in [2.24, 2.45) is 11.1 Å². The van der Waals surface area contributed by atoms with Crippen LogP contribution >= 0.6 is 11.8 Å². The van der Waals surface area contributed by atoms with Crippen LogP contribution in [0.2, 0.25) is 0 Å². The second-order valence-electron chi connectivity index (χ2n) is 12.1. The van der Waals surface area contributed by atoms with Crippen molar-refractivity contribution in [3.05, 3.63) is 117 Å². The van der Waals surface area contributed by atoms with Gasteiger partial charge < -0.3 is 5.73 Å². The summed E-state index contributed by atoms with van der Waals surface area (Å²) in [6, 6.07) is 23.5. The Morgan fingerprint density at radius 1 is 0.950 bits per heavy atom. The topological polar surface area (TPSA) is 70.1 Å². The van der Waals surface area contributed by atoms with Crippen LogP contribution in [0.25, 0.3) is 0 Å². The van der Waals surface area contributed by atoms with Crippen molar-refractivity contribution in [3.8, 4) is 6.07 Å². The molecule has 0 spiro atoms. The molecule has 1 atom stereocenters. The molecule has 0 saturated heterocycles. The largest absolute Gasteiger partial charge is 0.384 e. The molecule has 2 aliphatic rings. The lowest BCUT2D eigenvalue weighted by Crippen LogP contribution is -2.42. The van der Waals surface area contributed by atoms with Crippen LogP contribution in [0.3, 0.4) is 0 Å². The molecule has 5 heteroatoms. The van der Waals surface area contributed by atoms with Crippen LogP contribution in [0.4, 0.5) is 5.69 Å². The number of carbonyl (C=O) groups is 1. The van der Waals surface area contributed by atoms with Crippen LogP contribution < -0.4 is 10.6 Å². The summed E-state index contributed by atoms with van der Waals surface area (Å²) in [6.07, 6.45) is 1.16. The number of aryl methyl sites for hydroxylation is 3. The van der Waals surface area contributed by atoms with E-state index in [-0.39, 0.29) is 11.2 Å². The van der Waals surface area contributed by atoms with Gasteiger partial charge in [0.05, 0.1) is 17.6 Å². The number of anilines is 1. The molecule has 3 aromatic carbocycles. The Labute approximate surface area is 242 Å². The van der Waals surface area contributed by atoms with Gasteiger partial charge in [-0.25, -0.2) is 0 Å². The van der Waals surface area contributed by atoms with Gasteiger partial charge in [-0.05, 0) is 80.5 Å². The molecule has 0 bridgehead atoms. The maximum atomic E-state index is 14.0. The van der Waals surface area contributed by atoms with Crippen LogP contribution in [0.15, 0.2) is 88.2 Å². The number of nitrogens with zero attached hydrogens (tertiary/aromatic N) is 2. The first-order valence-corrected chi connectivity index (χ1v) is 14.8. The molecular weight excluding hydrogens is 510 g/mol. The molecule has 0 saturated carbocycles. The Bertz CT molecular complexity index is 1590. The Morgan fingerprint density at radius 2 is 1.57 bits per heavy atom. The summed E-state index contributed by atoms with van der Waals surface area (Å²) in [4.78, 5) is 17.2. The van der Waals surface area contributed by atoms with E-state index in [2.05, 4.69) is 77.1 Å². The van der Waals surface area contributed by atoms with Crippen molar-refractivity contribution < 1.29 is 4.79 Å². The zero-order valence-corrected chi connectivity index (χ0v) is 25.1. The third-order valence-corrected chi connectivity index (χ3v) is 9.16. The molecule has 1 heterocycles. The van der Waals surface area contributed by atoms with E-state index in [0.717, 1.165) is 45.0 Å². The second-order valence-corrected chi connectivity index (χ2v) is 13.1. The van der Waals surface area contributed by atoms with Gasteiger partial charge in [0, 0.05) is 34.0 Å². The average molecular weight is 548 g/mol. The van der Waals surface area contributed by atoms with E-state index in [1.165, 1.54) is 16.0 Å². The molecule has 1 unspecified atom stereocenters. The number of allylic oxidation sites excluding steroid dienone is 3. The highest BCUT2D eigenvalue weighted by molar-refractivity contribution is 7.98. The lowest BCUT2D eigenvalue weighted by atomic mass is 9.68. The highest BCUT2D eigenvalue weighted by Crippen LogP contribution is 2.51. The SMILES string of the molecule is Cc1ccc(SCc2cc(C)cc(C3C(C#N)=C(N)N(c4ccc(C)cc4)C4=C3C(=O)CC(C)(C)C4)c2C)cc1. The molecule has 4 nitrogen and oxygen atoms in total. The Hall–Kier alpha value is -3.75. The summed E-state index contributed by atoms with van der Waals surface area (Å²) in [6.45, 7) is 12.6. The fraction of sp³-hybridized carbons (Fsp3) is 0.314. The molecule has 0 amide bonds.